The van der Waals surface area contributed by atoms with Crippen molar-refractivity contribution in [1.29, 1.82) is 0 Å². The number of carbonyl (C=O) groups excluding carboxylic acids is 1. The molecule has 21 heavy (non-hydrogen) atoms. The Morgan fingerprint density at radius 1 is 1.19 bits per heavy atom. The van der Waals surface area contributed by atoms with Crippen molar-refractivity contribution < 1.29 is 4.79 Å². The predicted octanol–water partition coefficient (Wildman–Crippen LogP) is 0.297. The molecule has 3 rings (SSSR count). The highest BCUT2D eigenvalue weighted by Crippen LogP contribution is 2.19. The zero-order valence-electron chi connectivity index (χ0n) is 11.4. The van der Waals surface area contributed by atoms with E-state index in [-0.39, 0.29) is 16.7 Å². The fraction of sp³-hybridized carbons (Fsp3) is 0.357. The fourth-order valence-corrected chi connectivity index (χ4v) is 2.22. The van der Waals surface area contributed by atoms with Crippen molar-refractivity contribution in [2.75, 3.05) is 11.9 Å². The molecule has 0 radical (unpaired) electrons. The number of hydrogen-bond donors (Lipinski definition) is 4. The lowest BCUT2D eigenvalue weighted by molar-refractivity contribution is -0.116. The monoisotopic (exact) mass is 288 g/mol. The van der Waals surface area contributed by atoms with E-state index >= 15 is 0 Å². The average molecular weight is 288 g/mol. The van der Waals surface area contributed by atoms with Crippen LogP contribution in [0.4, 0.5) is 5.69 Å². The highest BCUT2D eigenvalue weighted by molar-refractivity contribution is 6.01. The third kappa shape index (κ3) is 3.03. The predicted molar refractivity (Wildman–Crippen MR) is 79.5 cm³/mol. The second-order valence-electron chi connectivity index (χ2n) is 5.16. The Balaban J connectivity index is 1.79. The number of fused-ring (bicyclic) bond motifs is 1. The zero-order chi connectivity index (χ0) is 14.8. The van der Waals surface area contributed by atoms with Crippen LogP contribution in [0.1, 0.15) is 19.3 Å². The molecule has 0 spiro atoms. The standard InChI is InChI=1S/C14H16N4O3/c19-11(6-7-15-8-4-5-8)16-10-3-1-2-9-12(10)14(21)18-17-13(9)20/h1-3,8,15H,4-7H2,(H,16,19)(H,17,20)(H,18,21). The van der Waals surface area contributed by atoms with Crippen LogP contribution in [-0.2, 0) is 4.79 Å². The molecule has 1 aliphatic carbocycles. The summed E-state index contributed by atoms with van der Waals surface area (Å²) in [4.78, 5) is 35.4. The van der Waals surface area contributed by atoms with Crippen molar-refractivity contribution in [3.05, 3.63) is 38.9 Å². The molecule has 1 saturated carbocycles. The number of hydrogen-bond acceptors (Lipinski definition) is 4. The number of benzene rings is 1. The molecule has 0 bridgehead atoms. The minimum Gasteiger partial charge on any atom is -0.325 e. The highest BCUT2D eigenvalue weighted by Gasteiger charge is 2.20. The van der Waals surface area contributed by atoms with Crippen molar-refractivity contribution in [1.82, 2.24) is 15.5 Å². The minimum absolute atomic E-state index is 0.185. The lowest BCUT2D eigenvalue weighted by atomic mass is 10.1. The van der Waals surface area contributed by atoms with Gasteiger partial charge in [0.15, 0.2) is 0 Å². The molecule has 2 aromatic rings. The van der Waals surface area contributed by atoms with Crippen LogP contribution in [0, 0.1) is 0 Å². The quantitative estimate of drug-likeness (QED) is 0.634. The number of aromatic nitrogens is 2. The number of aromatic amines is 2. The summed E-state index contributed by atoms with van der Waals surface area (Å²) in [7, 11) is 0. The Kier molecular flexibility index (Phi) is 3.57. The molecule has 4 N–H and O–H groups in total. The van der Waals surface area contributed by atoms with E-state index in [1.807, 2.05) is 0 Å². The molecule has 0 saturated heterocycles. The average Bonchev–Trinajstić information content (AvgIpc) is 3.27. The van der Waals surface area contributed by atoms with E-state index in [2.05, 4.69) is 20.8 Å². The van der Waals surface area contributed by atoms with Gasteiger partial charge in [-0.15, -0.1) is 0 Å². The van der Waals surface area contributed by atoms with Crippen LogP contribution in [0.2, 0.25) is 0 Å². The van der Waals surface area contributed by atoms with Gasteiger partial charge in [-0.25, -0.2) is 0 Å². The molecule has 1 aliphatic rings. The van der Waals surface area contributed by atoms with E-state index < -0.39 is 11.1 Å². The first-order valence-electron chi connectivity index (χ1n) is 6.92. The number of amides is 1. The normalized spacial score (nSPS) is 14.3. The first kappa shape index (κ1) is 13.6. The lowest BCUT2D eigenvalue weighted by Gasteiger charge is -2.08. The summed E-state index contributed by atoms with van der Waals surface area (Å²) >= 11 is 0. The molecule has 1 amide bonds. The summed E-state index contributed by atoms with van der Waals surface area (Å²) < 4.78 is 0. The highest BCUT2D eigenvalue weighted by atomic mass is 16.2. The molecule has 1 aromatic heterocycles. The molecule has 1 aromatic carbocycles. The Morgan fingerprint density at radius 3 is 2.71 bits per heavy atom. The summed E-state index contributed by atoms with van der Waals surface area (Å²) in [6.45, 7) is 0.609. The molecular weight excluding hydrogens is 272 g/mol. The topological polar surface area (TPSA) is 107 Å². The van der Waals surface area contributed by atoms with E-state index in [1.54, 1.807) is 18.2 Å². The van der Waals surface area contributed by atoms with Crippen molar-refractivity contribution in [3.8, 4) is 0 Å². The first-order chi connectivity index (χ1) is 10.1. The summed E-state index contributed by atoms with van der Waals surface area (Å²) in [5.74, 6) is -0.185. The largest absolute Gasteiger partial charge is 0.325 e. The molecule has 7 heteroatoms. The molecule has 110 valence electrons. The van der Waals surface area contributed by atoms with Crippen LogP contribution in [-0.4, -0.2) is 28.7 Å². The number of nitrogens with one attached hydrogen (secondary N) is 4. The smallest absolute Gasteiger partial charge is 0.272 e. The van der Waals surface area contributed by atoms with Gasteiger partial charge in [0.2, 0.25) is 5.91 Å². The van der Waals surface area contributed by atoms with Crippen LogP contribution in [0.15, 0.2) is 27.8 Å². The number of anilines is 1. The molecule has 7 nitrogen and oxygen atoms in total. The van der Waals surface area contributed by atoms with Gasteiger partial charge in [-0.2, -0.15) is 0 Å². The molecular formula is C14H16N4O3. The van der Waals surface area contributed by atoms with Crippen LogP contribution in [0.5, 0.6) is 0 Å². The SMILES string of the molecule is O=C(CCNC1CC1)Nc1cccc2c(=O)[nH][nH]c(=O)c12. The third-order valence-corrected chi connectivity index (χ3v) is 3.46. The molecule has 1 fully saturated rings. The summed E-state index contributed by atoms with van der Waals surface area (Å²) in [5.41, 5.74) is -0.469. The van der Waals surface area contributed by atoms with Crippen molar-refractivity contribution in [2.24, 2.45) is 0 Å². The van der Waals surface area contributed by atoms with Gasteiger partial charge >= 0.3 is 0 Å². The van der Waals surface area contributed by atoms with Gasteiger partial charge in [-0.05, 0) is 25.0 Å². The Hall–Kier alpha value is -2.41. The maximum atomic E-state index is 11.9. The van der Waals surface area contributed by atoms with Gasteiger partial charge in [-0.3, -0.25) is 24.6 Å². The van der Waals surface area contributed by atoms with Crippen LogP contribution in [0.25, 0.3) is 10.8 Å². The lowest BCUT2D eigenvalue weighted by Crippen LogP contribution is -2.24. The number of H-pyrrole nitrogens is 2. The van der Waals surface area contributed by atoms with Crippen molar-refractivity contribution in [3.63, 3.8) is 0 Å². The summed E-state index contributed by atoms with van der Waals surface area (Å²) in [5, 5.41) is 10.9. The second-order valence-corrected chi connectivity index (χ2v) is 5.16. The van der Waals surface area contributed by atoms with E-state index in [0.29, 0.717) is 24.7 Å². The van der Waals surface area contributed by atoms with Gasteiger partial charge in [-0.1, -0.05) is 6.07 Å². The van der Waals surface area contributed by atoms with Gasteiger partial charge in [0.05, 0.1) is 16.5 Å². The van der Waals surface area contributed by atoms with Crippen molar-refractivity contribution >= 4 is 22.4 Å². The second kappa shape index (κ2) is 5.53. The maximum Gasteiger partial charge on any atom is 0.272 e. The number of carbonyl (C=O) groups is 1. The molecule has 0 atom stereocenters. The van der Waals surface area contributed by atoms with E-state index in [1.165, 1.54) is 12.8 Å². The van der Waals surface area contributed by atoms with E-state index in [9.17, 15) is 14.4 Å². The van der Waals surface area contributed by atoms with E-state index in [4.69, 9.17) is 0 Å². The third-order valence-electron chi connectivity index (χ3n) is 3.46. The first-order valence-corrected chi connectivity index (χ1v) is 6.92. The molecule has 0 aliphatic heterocycles. The van der Waals surface area contributed by atoms with Crippen LogP contribution < -0.4 is 21.8 Å². The van der Waals surface area contributed by atoms with Gasteiger partial charge in [0.25, 0.3) is 11.1 Å². The maximum absolute atomic E-state index is 11.9. The molecule has 0 unspecified atom stereocenters. The Bertz CT molecular complexity index is 789. The minimum atomic E-state index is -0.434. The molecule has 1 heterocycles. The number of rotatable bonds is 5. The Labute approximate surface area is 119 Å². The van der Waals surface area contributed by atoms with E-state index in [0.717, 1.165) is 0 Å². The fourth-order valence-electron chi connectivity index (χ4n) is 2.22. The van der Waals surface area contributed by atoms with Gasteiger partial charge in [0, 0.05) is 19.0 Å². The van der Waals surface area contributed by atoms with Crippen LogP contribution in [0.3, 0.4) is 0 Å². The van der Waals surface area contributed by atoms with Gasteiger partial charge in [0.1, 0.15) is 0 Å². The summed E-state index contributed by atoms with van der Waals surface area (Å²) in [6, 6.07) is 5.35. The Morgan fingerprint density at radius 2 is 1.95 bits per heavy atom. The summed E-state index contributed by atoms with van der Waals surface area (Å²) in [6.07, 6.45) is 2.67. The van der Waals surface area contributed by atoms with Gasteiger partial charge < -0.3 is 10.6 Å². The van der Waals surface area contributed by atoms with Crippen molar-refractivity contribution in [2.45, 2.75) is 25.3 Å². The van der Waals surface area contributed by atoms with Crippen LogP contribution >= 0.6 is 0 Å². The zero-order valence-corrected chi connectivity index (χ0v) is 11.4.